The molecule has 3 heteroatoms. The topological polar surface area (TPSA) is 27.7 Å². The Labute approximate surface area is 122 Å². The first-order valence-corrected chi connectivity index (χ1v) is 6.92. The molecule has 110 valence electrons. The van der Waals surface area contributed by atoms with Crippen LogP contribution in [0.4, 0.5) is 0 Å². The third kappa shape index (κ3) is 7.18. The number of hydrogen-bond acceptors (Lipinski definition) is 3. The van der Waals surface area contributed by atoms with Gasteiger partial charge in [-0.25, -0.2) is 0 Å². The first-order valence-electron chi connectivity index (χ1n) is 6.92. The third-order valence-corrected chi connectivity index (χ3v) is 2.30. The van der Waals surface area contributed by atoms with Crippen molar-refractivity contribution in [1.29, 1.82) is 0 Å². The van der Waals surface area contributed by atoms with Crippen molar-refractivity contribution in [2.24, 2.45) is 0 Å². The third-order valence-electron chi connectivity index (χ3n) is 2.30. The molecule has 0 aliphatic heterocycles. The minimum Gasteiger partial charge on any atom is -0.488 e. The Bertz CT molecular complexity index is 446. The average molecular weight is 276 g/mol. The van der Waals surface area contributed by atoms with Crippen LogP contribution in [0.1, 0.15) is 40.2 Å². The first-order chi connectivity index (χ1) is 9.40. The highest BCUT2D eigenvalue weighted by Gasteiger charge is 2.10. The van der Waals surface area contributed by atoms with Crippen molar-refractivity contribution in [2.75, 3.05) is 13.2 Å². The van der Waals surface area contributed by atoms with Crippen LogP contribution in [0.2, 0.25) is 0 Å². The summed E-state index contributed by atoms with van der Waals surface area (Å²) in [7, 11) is 0. The van der Waals surface area contributed by atoms with E-state index < -0.39 is 0 Å². The largest absolute Gasteiger partial charge is 0.488 e. The molecule has 0 N–H and O–H groups in total. The highest BCUT2D eigenvalue weighted by atomic mass is 16.7. The summed E-state index contributed by atoms with van der Waals surface area (Å²) < 4.78 is 16.4. The Morgan fingerprint density at radius 3 is 2.30 bits per heavy atom. The van der Waals surface area contributed by atoms with Crippen molar-refractivity contribution >= 4 is 0 Å². The van der Waals surface area contributed by atoms with Crippen LogP contribution in [0, 0.1) is 11.8 Å². The molecule has 0 heterocycles. The Hall–Kier alpha value is -1.50. The van der Waals surface area contributed by atoms with Crippen LogP contribution in [-0.4, -0.2) is 25.1 Å². The molecule has 0 saturated heterocycles. The minimum atomic E-state index is -0.211. The summed E-state index contributed by atoms with van der Waals surface area (Å²) in [5, 5.41) is 0. The van der Waals surface area contributed by atoms with Gasteiger partial charge in [0.05, 0.1) is 0 Å². The van der Waals surface area contributed by atoms with E-state index in [1.54, 1.807) is 0 Å². The van der Waals surface area contributed by atoms with E-state index >= 15 is 0 Å². The van der Waals surface area contributed by atoms with Gasteiger partial charge in [0.15, 0.2) is 6.29 Å². The van der Waals surface area contributed by atoms with Gasteiger partial charge >= 0.3 is 0 Å². The van der Waals surface area contributed by atoms with Crippen molar-refractivity contribution in [2.45, 2.75) is 46.5 Å². The molecule has 0 fully saturated rings. The van der Waals surface area contributed by atoms with Crippen LogP contribution in [0.5, 0.6) is 5.75 Å². The van der Waals surface area contributed by atoms with E-state index in [9.17, 15) is 0 Å². The molecular formula is C17H24O3. The molecule has 0 radical (unpaired) electrons. The molecule has 0 aromatic heterocycles. The van der Waals surface area contributed by atoms with Gasteiger partial charge in [-0.2, -0.15) is 0 Å². The van der Waals surface area contributed by atoms with E-state index in [-0.39, 0.29) is 11.9 Å². The molecule has 3 nitrogen and oxygen atoms in total. The zero-order valence-electron chi connectivity index (χ0n) is 13.0. The fraction of sp³-hybridized carbons (Fsp3) is 0.529. The molecular weight excluding hydrogens is 252 g/mol. The molecule has 0 spiro atoms. The number of ether oxygens (including phenoxy) is 3. The van der Waals surface area contributed by atoms with Crippen molar-refractivity contribution in [3.05, 3.63) is 29.8 Å². The molecule has 0 amide bonds. The van der Waals surface area contributed by atoms with Crippen LogP contribution in [0.25, 0.3) is 0 Å². The molecule has 0 bridgehead atoms. The summed E-state index contributed by atoms with van der Waals surface area (Å²) >= 11 is 0. The van der Waals surface area contributed by atoms with Gasteiger partial charge in [0.25, 0.3) is 0 Å². The molecule has 1 aromatic carbocycles. The molecule has 0 saturated carbocycles. The van der Waals surface area contributed by atoms with Gasteiger partial charge in [0.2, 0.25) is 0 Å². The normalized spacial score (nSPS) is 12.4. The maximum Gasteiger partial charge on any atom is 0.156 e. The molecule has 1 atom stereocenters. The van der Waals surface area contributed by atoms with Gasteiger partial charge in [0, 0.05) is 12.2 Å². The van der Waals surface area contributed by atoms with Crippen molar-refractivity contribution in [3.8, 4) is 17.6 Å². The van der Waals surface area contributed by atoms with Gasteiger partial charge < -0.3 is 14.2 Å². The number of rotatable bonds is 5. The predicted molar refractivity (Wildman–Crippen MR) is 80.7 cm³/mol. The molecule has 0 aliphatic rings. The first kappa shape index (κ1) is 16.6. The summed E-state index contributed by atoms with van der Waals surface area (Å²) in [6.45, 7) is 10.9. The van der Waals surface area contributed by atoms with Gasteiger partial charge in [-0.1, -0.05) is 11.8 Å². The lowest BCUT2D eigenvalue weighted by atomic mass is 10.2. The Morgan fingerprint density at radius 2 is 1.75 bits per heavy atom. The van der Waals surface area contributed by atoms with Gasteiger partial charge in [-0.3, -0.25) is 0 Å². The van der Waals surface area contributed by atoms with Gasteiger partial charge in [-0.15, -0.1) is 0 Å². The maximum absolute atomic E-state index is 5.75. The second-order valence-corrected chi connectivity index (χ2v) is 5.37. The summed E-state index contributed by atoms with van der Waals surface area (Å²) in [5.41, 5.74) is 0.759. The monoisotopic (exact) mass is 276 g/mol. The molecule has 1 rings (SSSR count). The van der Waals surface area contributed by atoms with Crippen LogP contribution < -0.4 is 4.74 Å². The zero-order chi connectivity index (χ0) is 15.0. The zero-order valence-corrected chi connectivity index (χ0v) is 13.0. The predicted octanol–water partition coefficient (Wildman–Crippen LogP) is 3.61. The lowest BCUT2D eigenvalue weighted by molar-refractivity contribution is -0.117. The van der Waals surface area contributed by atoms with Crippen molar-refractivity contribution in [1.82, 2.24) is 0 Å². The van der Waals surface area contributed by atoms with Crippen LogP contribution in [-0.2, 0) is 9.47 Å². The summed E-state index contributed by atoms with van der Waals surface area (Å²) in [4.78, 5) is 0. The minimum absolute atomic E-state index is 0.184. The molecule has 1 aromatic rings. The smallest absolute Gasteiger partial charge is 0.156 e. The SMILES string of the molecule is CCOC(C)OCC#Cc1ccc(OC(C)(C)C)cc1. The summed E-state index contributed by atoms with van der Waals surface area (Å²) in [6.07, 6.45) is -0.211. The lowest BCUT2D eigenvalue weighted by Gasteiger charge is -2.21. The fourth-order valence-corrected chi connectivity index (χ4v) is 1.54. The second kappa shape index (κ2) is 7.94. The average Bonchev–Trinajstić information content (AvgIpc) is 2.35. The Balaban J connectivity index is 2.46. The highest BCUT2D eigenvalue weighted by molar-refractivity contribution is 5.38. The standard InChI is InChI=1S/C17H24O3/c1-6-18-14(2)19-13-7-8-15-9-11-16(12-10-15)20-17(3,4)5/h9-12,14H,6,13H2,1-5H3. The summed E-state index contributed by atoms with van der Waals surface area (Å²) in [6, 6.07) is 7.75. The Morgan fingerprint density at radius 1 is 1.10 bits per heavy atom. The van der Waals surface area contributed by atoms with Crippen molar-refractivity contribution in [3.63, 3.8) is 0 Å². The highest BCUT2D eigenvalue weighted by Crippen LogP contribution is 2.18. The number of hydrogen-bond donors (Lipinski definition) is 0. The van der Waals surface area contributed by atoms with E-state index in [2.05, 4.69) is 11.8 Å². The van der Waals surface area contributed by atoms with E-state index in [1.165, 1.54) is 0 Å². The lowest BCUT2D eigenvalue weighted by Crippen LogP contribution is -2.22. The van der Waals surface area contributed by atoms with E-state index in [0.29, 0.717) is 13.2 Å². The second-order valence-electron chi connectivity index (χ2n) is 5.37. The van der Waals surface area contributed by atoms with Crippen LogP contribution >= 0.6 is 0 Å². The molecule has 20 heavy (non-hydrogen) atoms. The van der Waals surface area contributed by atoms with E-state index in [1.807, 2.05) is 58.9 Å². The van der Waals surface area contributed by atoms with Crippen LogP contribution in [0.15, 0.2) is 24.3 Å². The molecule has 0 aliphatic carbocycles. The maximum atomic E-state index is 5.75. The fourth-order valence-electron chi connectivity index (χ4n) is 1.54. The van der Waals surface area contributed by atoms with Gasteiger partial charge in [-0.05, 0) is 58.9 Å². The summed E-state index contributed by atoms with van der Waals surface area (Å²) in [5.74, 6) is 6.86. The molecule has 1 unspecified atom stereocenters. The van der Waals surface area contributed by atoms with Gasteiger partial charge in [0.1, 0.15) is 18.0 Å². The van der Waals surface area contributed by atoms with E-state index in [4.69, 9.17) is 14.2 Å². The van der Waals surface area contributed by atoms with E-state index in [0.717, 1.165) is 11.3 Å². The Kier molecular flexibility index (Phi) is 6.57. The quantitative estimate of drug-likeness (QED) is 0.607. The van der Waals surface area contributed by atoms with Crippen molar-refractivity contribution < 1.29 is 14.2 Å². The number of benzene rings is 1. The van der Waals surface area contributed by atoms with Crippen LogP contribution in [0.3, 0.4) is 0 Å².